The molecule has 0 bridgehead atoms. The van der Waals surface area contributed by atoms with Gasteiger partial charge >= 0.3 is 0 Å². The van der Waals surface area contributed by atoms with Crippen LogP contribution in [0.3, 0.4) is 0 Å². The molecule has 2 heteroatoms. The Morgan fingerprint density at radius 2 is 1.50 bits per heavy atom. The summed E-state index contributed by atoms with van der Waals surface area (Å²) in [5.41, 5.74) is 6.08. The van der Waals surface area contributed by atoms with Gasteiger partial charge in [-0.2, -0.15) is 0 Å². The molecule has 6 rings (SSSR count). The summed E-state index contributed by atoms with van der Waals surface area (Å²) < 4.78 is 2.52. The number of para-hydroxylation sites is 2. The Balaban J connectivity index is 1.93. The number of rotatable bonds is 0. The average Bonchev–Trinajstić information content (AvgIpc) is 3.02. The zero-order chi connectivity index (χ0) is 17.5. The van der Waals surface area contributed by atoms with Gasteiger partial charge in [0.05, 0.1) is 16.7 Å². The number of nitrogens with zero attached hydrogens (tertiary/aromatic N) is 2. The first kappa shape index (κ1) is 14.1. The van der Waals surface area contributed by atoms with Crippen LogP contribution in [0.2, 0.25) is 0 Å². The minimum atomic E-state index is -0.182. The van der Waals surface area contributed by atoms with E-state index in [1.165, 1.54) is 43.7 Å². The van der Waals surface area contributed by atoms with Crippen molar-refractivity contribution in [2.24, 2.45) is 0 Å². The van der Waals surface area contributed by atoms with Crippen molar-refractivity contribution in [2.45, 2.75) is 19.4 Å². The second kappa shape index (κ2) is 4.53. The van der Waals surface area contributed by atoms with E-state index in [0.29, 0.717) is 0 Å². The van der Waals surface area contributed by atoms with Gasteiger partial charge in [0.15, 0.2) is 0 Å². The third kappa shape index (κ3) is 1.51. The molecule has 0 saturated carbocycles. The van der Waals surface area contributed by atoms with Crippen molar-refractivity contribution in [1.82, 2.24) is 9.55 Å². The lowest BCUT2D eigenvalue weighted by atomic mass is 9.83. The van der Waals surface area contributed by atoms with Gasteiger partial charge in [-0.05, 0) is 25.3 Å². The summed E-state index contributed by atoms with van der Waals surface area (Å²) >= 11 is 0. The van der Waals surface area contributed by atoms with Gasteiger partial charge in [0.2, 0.25) is 0 Å². The largest absolute Gasteiger partial charge is 0.330 e. The number of pyridine rings is 1. The number of benzene rings is 3. The van der Waals surface area contributed by atoms with Crippen LogP contribution in [0.25, 0.3) is 43.8 Å². The number of hydrogen-bond acceptors (Lipinski definition) is 1. The van der Waals surface area contributed by atoms with E-state index in [1.807, 2.05) is 6.20 Å². The van der Waals surface area contributed by atoms with Gasteiger partial charge in [0.1, 0.15) is 0 Å². The van der Waals surface area contributed by atoms with Gasteiger partial charge in [-0.25, -0.2) is 0 Å². The smallest absolute Gasteiger partial charge is 0.0785 e. The molecule has 0 unspecified atom stereocenters. The highest BCUT2D eigenvalue weighted by molar-refractivity contribution is 6.14. The molecule has 26 heavy (non-hydrogen) atoms. The lowest BCUT2D eigenvalue weighted by molar-refractivity contribution is 0.464. The quantitative estimate of drug-likeness (QED) is 0.334. The Hall–Kier alpha value is -3.13. The molecular formula is C24H18N2. The zero-order valence-electron chi connectivity index (χ0n) is 14.8. The van der Waals surface area contributed by atoms with Crippen LogP contribution < -0.4 is 0 Å². The maximum atomic E-state index is 4.92. The highest BCUT2D eigenvalue weighted by atomic mass is 15.1. The molecule has 1 aliphatic heterocycles. The lowest BCUT2D eigenvalue weighted by Gasteiger charge is -2.36. The minimum absolute atomic E-state index is 0.182. The van der Waals surface area contributed by atoms with Crippen molar-refractivity contribution in [3.63, 3.8) is 0 Å². The second-order valence-corrected chi connectivity index (χ2v) is 7.68. The molecule has 0 fully saturated rings. The SMILES string of the molecule is CC1(C)c2c(ncc3ccccc23)-c2cccc3c4ccccc4n1c23. The standard InChI is InChI=1S/C24H18N2/c1-24(2)21-16-9-4-3-8-15(16)14-25-22(21)19-12-7-11-18-17-10-5-6-13-20(17)26(24)23(18)19/h3-14H,1-2H3. The van der Waals surface area contributed by atoms with Crippen molar-refractivity contribution in [1.29, 1.82) is 0 Å². The van der Waals surface area contributed by atoms with E-state index in [2.05, 4.69) is 85.1 Å². The van der Waals surface area contributed by atoms with Gasteiger partial charge in [0.25, 0.3) is 0 Å². The highest BCUT2D eigenvalue weighted by Gasteiger charge is 2.36. The Morgan fingerprint density at radius 1 is 0.769 bits per heavy atom. The number of fused-ring (bicyclic) bond motifs is 7. The molecule has 124 valence electrons. The summed E-state index contributed by atoms with van der Waals surface area (Å²) in [6.45, 7) is 4.64. The number of aromatic nitrogens is 2. The van der Waals surface area contributed by atoms with Crippen molar-refractivity contribution >= 4 is 32.6 Å². The normalized spacial score (nSPS) is 14.8. The molecule has 0 amide bonds. The fourth-order valence-electron chi connectivity index (χ4n) is 4.89. The molecule has 0 radical (unpaired) electrons. The summed E-state index contributed by atoms with van der Waals surface area (Å²) in [6.07, 6.45) is 2.02. The van der Waals surface area contributed by atoms with Crippen LogP contribution in [0.15, 0.2) is 72.9 Å². The molecule has 5 aromatic rings. The first-order chi connectivity index (χ1) is 12.7. The summed E-state index contributed by atoms with van der Waals surface area (Å²) in [6, 6.07) is 23.9. The molecule has 0 spiro atoms. The van der Waals surface area contributed by atoms with Gasteiger partial charge in [-0.15, -0.1) is 0 Å². The van der Waals surface area contributed by atoms with E-state index in [4.69, 9.17) is 4.98 Å². The Kier molecular flexibility index (Phi) is 2.45. The van der Waals surface area contributed by atoms with Gasteiger partial charge in [0, 0.05) is 39.0 Å². The van der Waals surface area contributed by atoms with Crippen molar-refractivity contribution in [2.75, 3.05) is 0 Å². The monoisotopic (exact) mass is 334 g/mol. The molecule has 2 aromatic heterocycles. The first-order valence-electron chi connectivity index (χ1n) is 9.09. The van der Waals surface area contributed by atoms with Crippen LogP contribution in [0.5, 0.6) is 0 Å². The fraction of sp³-hybridized carbons (Fsp3) is 0.125. The summed E-state index contributed by atoms with van der Waals surface area (Å²) in [7, 11) is 0. The van der Waals surface area contributed by atoms with Gasteiger partial charge in [-0.3, -0.25) is 4.98 Å². The number of hydrogen-bond donors (Lipinski definition) is 0. The van der Waals surface area contributed by atoms with E-state index in [0.717, 1.165) is 5.69 Å². The topological polar surface area (TPSA) is 17.8 Å². The molecule has 0 atom stereocenters. The fourth-order valence-corrected chi connectivity index (χ4v) is 4.89. The minimum Gasteiger partial charge on any atom is -0.330 e. The van der Waals surface area contributed by atoms with Crippen LogP contribution in [0, 0.1) is 0 Å². The first-order valence-corrected chi connectivity index (χ1v) is 9.09. The van der Waals surface area contributed by atoms with Crippen LogP contribution in [-0.2, 0) is 5.54 Å². The molecule has 0 saturated heterocycles. The van der Waals surface area contributed by atoms with Crippen molar-refractivity contribution in [3.05, 3.63) is 78.5 Å². The van der Waals surface area contributed by atoms with E-state index in [-0.39, 0.29) is 5.54 Å². The molecule has 2 nitrogen and oxygen atoms in total. The van der Waals surface area contributed by atoms with E-state index < -0.39 is 0 Å². The Bertz CT molecular complexity index is 1360. The highest BCUT2D eigenvalue weighted by Crippen LogP contribution is 2.49. The van der Waals surface area contributed by atoms with E-state index in [1.54, 1.807) is 0 Å². The van der Waals surface area contributed by atoms with E-state index >= 15 is 0 Å². The predicted molar refractivity (Wildman–Crippen MR) is 109 cm³/mol. The third-order valence-corrected chi connectivity index (χ3v) is 5.92. The predicted octanol–water partition coefficient (Wildman–Crippen LogP) is 6.11. The maximum absolute atomic E-state index is 4.92. The zero-order valence-corrected chi connectivity index (χ0v) is 14.8. The third-order valence-electron chi connectivity index (χ3n) is 5.92. The van der Waals surface area contributed by atoms with Crippen LogP contribution >= 0.6 is 0 Å². The van der Waals surface area contributed by atoms with Crippen molar-refractivity contribution < 1.29 is 0 Å². The Morgan fingerprint density at radius 3 is 2.38 bits per heavy atom. The molecule has 3 heterocycles. The summed E-state index contributed by atoms with van der Waals surface area (Å²) in [5.74, 6) is 0. The summed E-state index contributed by atoms with van der Waals surface area (Å²) in [4.78, 5) is 4.92. The maximum Gasteiger partial charge on any atom is 0.0785 e. The molecule has 3 aromatic carbocycles. The van der Waals surface area contributed by atoms with Crippen LogP contribution in [0.1, 0.15) is 19.4 Å². The van der Waals surface area contributed by atoms with Gasteiger partial charge < -0.3 is 4.57 Å². The van der Waals surface area contributed by atoms with Crippen LogP contribution in [0.4, 0.5) is 0 Å². The Labute approximate surface area is 151 Å². The van der Waals surface area contributed by atoms with Crippen LogP contribution in [-0.4, -0.2) is 9.55 Å². The van der Waals surface area contributed by atoms with Gasteiger partial charge in [-0.1, -0.05) is 60.7 Å². The molecule has 0 aliphatic carbocycles. The van der Waals surface area contributed by atoms with Crippen molar-refractivity contribution in [3.8, 4) is 11.3 Å². The molecule has 1 aliphatic rings. The van der Waals surface area contributed by atoms with E-state index in [9.17, 15) is 0 Å². The average molecular weight is 334 g/mol. The summed E-state index contributed by atoms with van der Waals surface area (Å²) in [5, 5.41) is 5.12. The second-order valence-electron chi connectivity index (χ2n) is 7.68. The molecule has 0 N–H and O–H groups in total. The lowest BCUT2D eigenvalue weighted by Crippen LogP contribution is -2.31. The molecular weight excluding hydrogens is 316 g/mol.